The minimum absolute atomic E-state index is 0.0391. The van der Waals surface area contributed by atoms with Gasteiger partial charge < -0.3 is 10.4 Å². The zero-order valence-corrected chi connectivity index (χ0v) is 11.3. The normalized spacial score (nSPS) is 31.8. The van der Waals surface area contributed by atoms with Crippen molar-refractivity contribution in [3.05, 3.63) is 35.9 Å². The largest absolute Gasteiger partial charge is 0.481 e. The summed E-state index contributed by atoms with van der Waals surface area (Å²) in [6.07, 6.45) is 2.81. The van der Waals surface area contributed by atoms with Crippen LogP contribution in [0.15, 0.2) is 30.3 Å². The summed E-state index contributed by atoms with van der Waals surface area (Å²) in [5, 5.41) is 12.0. The first kappa shape index (κ1) is 13.2. The summed E-state index contributed by atoms with van der Waals surface area (Å²) in [5.41, 5.74) is 1.27. The molecule has 0 saturated heterocycles. The van der Waals surface area contributed by atoms with Crippen LogP contribution in [0.5, 0.6) is 0 Å². The van der Waals surface area contributed by atoms with Crippen molar-refractivity contribution >= 4 is 11.9 Å². The number of amides is 1. The fourth-order valence-electron chi connectivity index (χ4n) is 3.17. The number of hydrogen-bond donors (Lipinski definition) is 2. The second-order valence-corrected chi connectivity index (χ2v) is 5.91. The number of hydrogen-bond acceptors (Lipinski definition) is 2. The van der Waals surface area contributed by atoms with Gasteiger partial charge in [-0.3, -0.25) is 9.59 Å². The molecule has 4 atom stereocenters. The van der Waals surface area contributed by atoms with Crippen molar-refractivity contribution in [1.29, 1.82) is 0 Å². The molecule has 3 rings (SSSR count). The van der Waals surface area contributed by atoms with E-state index in [1.54, 1.807) is 0 Å². The zero-order valence-electron chi connectivity index (χ0n) is 11.3. The molecule has 0 radical (unpaired) electrons. The number of nitrogens with one attached hydrogen (secondary N) is 1. The Morgan fingerprint density at radius 2 is 1.75 bits per heavy atom. The van der Waals surface area contributed by atoms with E-state index in [-0.39, 0.29) is 23.8 Å². The Kier molecular flexibility index (Phi) is 3.47. The van der Waals surface area contributed by atoms with Crippen molar-refractivity contribution < 1.29 is 14.7 Å². The molecule has 0 heterocycles. The fraction of sp³-hybridized carbons (Fsp3) is 0.500. The highest BCUT2D eigenvalue weighted by Crippen LogP contribution is 2.41. The molecule has 0 aromatic heterocycles. The maximum atomic E-state index is 12.1. The van der Waals surface area contributed by atoms with Gasteiger partial charge in [-0.1, -0.05) is 30.3 Å². The molecule has 2 N–H and O–H groups in total. The maximum Gasteiger partial charge on any atom is 0.306 e. The van der Waals surface area contributed by atoms with Gasteiger partial charge in [0.2, 0.25) is 5.91 Å². The second kappa shape index (κ2) is 5.27. The van der Waals surface area contributed by atoms with Crippen molar-refractivity contribution in [2.24, 2.45) is 11.8 Å². The van der Waals surface area contributed by atoms with Crippen molar-refractivity contribution in [1.82, 2.24) is 5.32 Å². The van der Waals surface area contributed by atoms with Gasteiger partial charge in [-0.15, -0.1) is 0 Å². The highest BCUT2D eigenvalue weighted by Gasteiger charge is 2.41. The summed E-state index contributed by atoms with van der Waals surface area (Å²) in [4.78, 5) is 23.0. The number of carboxylic acids is 1. The smallest absolute Gasteiger partial charge is 0.306 e. The summed E-state index contributed by atoms with van der Waals surface area (Å²) >= 11 is 0. The number of carbonyl (C=O) groups is 2. The lowest BCUT2D eigenvalue weighted by Crippen LogP contribution is -2.32. The van der Waals surface area contributed by atoms with E-state index in [4.69, 9.17) is 5.11 Å². The predicted molar refractivity (Wildman–Crippen MR) is 74.2 cm³/mol. The Bertz CT molecular complexity index is 514. The molecule has 1 aromatic carbocycles. The van der Waals surface area contributed by atoms with Crippen molar-refractivity contribution in [3.8, 4) is 0 Å². The Morgan fingerprint density at radius 3 is 2.40 bits per heavy atom. The monoisotopic (exact) mass is 273 g/mol. The highest BCUT2D eigenvalue weighted by atomic mass is 16.4. The van der Waals surface area contributed by atoms with Crippen molar-refractivity contribution in [3.63, 3.8) is 0 Å². The molecule has 2 aliphatic rings. The SMILES string of the molecule is O=C(O)C1CCC(C(=O)NC2CC2c2ccccc2)C1. The van der Waals surface area contributed by atoms with E-state index >= 15 is 0 Å². The Balaban J connectivity index is 1.51. The molecule has 2 saturated carbocycles. The molecule has 2 fully saturated rings. The van der Waals surface area contributed by atoms with Gasteiger partial charge in [0, 0.05) is 17.9 Å². The van der Waals surface area contributed by atoms with Gasteiger partial charge in [0.1, 0.15) is 0 Å². The molecule has 2 aliphatic carbocycles. The van der Waals surface area contributed by atoms with Crippen LogP contribution < -0.4 is 5.32 Å². The van der Waals surface area contributed by atoms with Crippen LogP contribution in [0, 0.1) is 11.8 Å². The quantitative estimate of drug-likeness (QED) is 0.883. The van der Waals surface area contributed by atoms with Gasteiger partial charge in [0.25, 0.3) is 0 Å². The molecule has 0 aliphatic heterocycles. The lowest BCUT2D eigenvalue weighted by molar-refractivity contribution is -0.141. The van der Waals surface area contributed by atoms with Gasteiger partial charge >= 0.3 is 5.97 Å². The number of carbonyl (C=O) groups excluding carboxylic acids is 1. The lowest BCUT2D eigenvalue weighted by Gasteiger charge is -2.10. The van der Waals surface area contributed by atoms with Crippen LogP contribution in [-0.2, 0) is 9.59 Å². The first-order chi connectivity index (χ1) is 9.65. The van der Waals surface area contributed by atoms with Crippen molar-refractivity contribution in [2.45, 2.75) is 37.6 Å². The number of aliphatic carboxylic acids is 1. The van der Waals surface area contributed by atoms with E-state index < -0.39 is 5.97 Å². The minimum atomic E-state index is -0.770. The number of rotatable bonds is 4. The molecule has 0 spiro atoms. The van der Waals surface area contributed by atoms with Gasteiger partial charge in [0.05, 0.1) is 5.92 Å². The number of carboxylic acid groups (broad SMARTS) is 1. The Morgan fingerprint density at radius 1 is 1.05 bits per heavy atom. The van der Waals surface area contributed by atoms with Crippen LogP contribution in [0.3, 0.4) is 0 Å². The highest BCUT2D eigenvalue weighted by molar-refractivity contribution is 5.81. The molecular weight excluding hydrogens is 254 g/mol. The topological polar surface area (TPSA) is 66.4 Å². The summed E-state index contributed by atoms with van der Waals surface area (Å²) in [7, 11) is 0. The molecule has 1 amide bonds. The minimum Gasteiger partial charge on any atom is -0.481 e. The molecular formula is C16H19NO3. The van der Waals surface area contributed by atoms with E-state index in [9.17, 15) is 9.59 Å². The predicted octanol–water partition coefficient (Wildman–Crippen LogP) is 2.16. The third kappa shape index (κ3) is 2.69. The van der Waals surface area contributed by atoms with Crippen LogP contribution in [0.2, 0.25) is 0 Å². The van der Waals surface area contributed by atoms with Crippen LogP contribution in [0.4, 0.5) is 0 Å². The van der Waals surface area contributed by atoms with Crippen LogP contribution in [0.1, 0.15) is 37.2 Å². The Hall–Kier alpha value is -1.84. The third-order valence-corrected chi connectivity index (χ3v) is 4.50. The third-order valence-electron chi connectivity index (χ3n) is 4.50. The molecule has 20 heavy (non-hydrogen) atoms. The van der Waals surface area contributed by atoms with E-state index in [0.29, 0.717) is 25.2 Å². The summed E-state index contributed by atoms with van der Waals surface area (Å²) in [6, 6.07) is 10.4. The maximum absolute atomic E-state index is 12.1. The first-order valence-corrected chi connectivity index (χ1v) is 7.23. The fourth-order valence-corrected chi connectivity index (χ4v) is 3.17. The summed E-state index contributed by atoms with van der Waals surface area (Å²) < 4.78 is 0. The average molecular weight is 273 g/mol. The van der Waals surface area contributed by atoms with Crippen LogP contribution in [-0.4, -0.2) is 23.0 Å². The van der Waals surface area contributed by atoms with Gasteiger partial charge in [-0.25, -0.2) is 0 Å². The molecule has 0 bridgehead atoms. The standard InChI is InChI=1S/C16H19NO3/c18-15(11-6-7-12(8-11)16(19)20)17-14-9-13(14)10-4-2-1-3-5-10/h1-5,11-14H,6-9H2,(H,17,18)(H,19,20). The molecule has 1 aromatic rings. The van der Waals surface area contributed by atoms with Gasteiger partial charge in [0.15, 0.2) is 0 Å². The molecule has 4 unspecified atom stereocenters. The summed E-state index contributed by atoms with van der Waals surface area (Å²) in [5.74, 6) is -0.758. The summed E-state index contributed by atoms with van der Waals surface area (Å²) in [6.45, 7) is 0. The molecule has 4 heteroatoms. The van der Waals surface area contributed by atoms with Crippen LogP contribution in [0.25, 0.3) is 0 Å². The van der Waals surface area contributed by atoms with E-state index in [2.05, 4.69) is 17.4 Å². The van der Waals surface area contributed by atoms with Gasteiger partial charge in [-0.05, 0) is 31.2 Å². The number of benzene rings is 1. The van der Waals surface area contributed by atoms with Crippen molar-refractivity contribution in [2.75, 3.05) is 0 Å². The molecule has 106 valence electrons. The van der Waals surface area contributed by atoms with E-state index in [1.807, 2.05) is 18.2 Å². The second-order valence-electron chi connectivity index (χ2n) is 5.91. The van der Waals surface area contributed by atoms with Crippen LogP contribution >= 0.6 is 0 Å². The first-order valence-electron chi connectivity index (χ1n) is 7.23. The zero-order chi connectivity index (χ0) is 14.1. The molecule has 4 nitrogen and oxygen atoms in total. The van der Waals surface area contributed by atoms with E-state index in [1.165, 1.54) is 5.56 Å². The lowest BCUT2D eigenvalue weighted by atomic mass is 10.0. The average Bonchev–Trinajstić information content (AvgIpc) is 3.02. The van der Waals surface area contributed by atoms with Gasteiger partial charge in [-0.2, -0.15) is 0 Å². The Labute approximate surface area is 118 Å². The van der Waals surface area contributed by atoms with E-state index in [0.717, 1.165) is 6.42 Å².